The highest BCUT2D eigenvalue weighted by atomic mass is 19.1. The number of unbranched alkanes of at least 4 members (excludes halogenated alkanes) is 3. The Morgan fingerprint density at radius 1 is 0.914 bits per heavy atom. The SMILES string of the molecule is CCCCCCOc1ccc([C@H]2C(=O)N(C3CCCCC3)CC(=O)N2Cc2ccc(F)cc2)cc1. The Kier molecular flexibility index (Phi) is 8.78. The minimum Gasteiger partial charge on any atom is -0.494 e. The van der Waals surface area contributed by atoms with Crippen LogP contribution in [0.5, 0.6) is 5.75 Å². The molecule has 2 fully saturated rings. The molecule has 188 valence electrons. The number of carbonyl (C=O) groups is 2. The van der Waals surface area contributed by atoms with Gasteiger partial charge in [0.15, 0.2) is 0 Å². The van der Waals surface area contributed by atoms with Gasteiger partial charge in [-0.1, -0.05) is 69.7 Å². The largest absolute Gasteiger partial charge is 0.494 e. The zero-order valence-electron chi connectivity index (χ0n) is 20.8. The van der Waals surface area contributed by atoms with E-state index in [9.17, 15) is 14.0 Å². The van der Waals surface area contributed by atoms with E-state index in [1.165, 1.54) is 31.4 Å². The van der Waals surface area contributed by atoms with Gasteiger partial charge in [-0.3, -0.25) is 9.59 Å². The van der Waals surface area contributed by atoms with Gasteiger partial charge in [-0.15, -0.1) is 0 Å². The second-order valence-corrected chi connectivity index (χ2v) is 9.79. The number of halogens is 1. The van der Waals surface area contributed by atoms with Crippen molar-refractivity contribution in [3.63, 3.8) is 0 Å². The second kappa shape index (κ2) is 12.2. The van der Waals surface area contributed by atoms with Gasteiger partial charge in [0, 0.05) is 12.6 Å². The van der Waals surface area contributed by atoms with Gasteiger partial charge in [0.2, 0.25) is 5.91 Å². The monoisotopic (exact) mass is 480 g/mol. The lowest BCUT2D eigenvalue weighted by Gasteiger charge is -2.44. The number of hydrogen-bond acceptors (Lipinski definition) is 3. The van der Waals surface area contributed by atoms with Crippen molar-refractivity contribution in [2.24, 2.45) is 0 Å². The fourth-order valence-electron chi connectivity index (χ4n) is 5.20. The topological polar surface area (TPSA) is 49.9 Å². The summed E-state index contributed by atoms with van der Waals surface area (Å²) in [6.07, 6.45) is 9.86. The van der Waals surface area contributed by atoms with Crippen molar-refractivity contribution in [1.82, 2.24) is 9.80 Å². The molecule has 0 unspecified atom stereocenters. The van der Waals surface area contributed by atoms with E-state index in [4.69, 9.17) is 4.74 Å². The van der Waals surface area contributed by atoms with Crippen LogP contribution in [0.1, 0.15) is 81.9 Å². The Hall–Kier alpha value is -2.89. The lowest BCUT2D eigenvalue weighted by Crippen LogP contribution is -2.58. The molecule has 6 heteroatoms. The van der Waals surface area contributed by atoms with Gasteiger partial charge in [0.1, 0.15) is 24.2 Å². The molecule has 1 saturated carbocycles. The highest BCUT2D eigenvalue weighted by Gasteiger charge is 2.42. The lowest BCUT2D eigenvalue weighted by molar-refractivity contribution is -0.160. The van der Waals surface area contributed by atoms with E-state index in [2.05, 4.69) is 6.92 Å². The smallest absolute Gasteiger partial charge is 0.250 e. The van der Waals surface area contributed by atoms with Crippen molar-refractivity contribution in [2.75, 3.05) is 13.2 Å². The van der Waals surface area contributed by atoms with E-state index >= 15 is 0 Å². The number of carbonyl (C=O) groups excluding carboxylic acids is 2. The third-order valence-corrected chi connectivity index (χ3v) is 7.20. The van der Waals surface area contributed by atoms with Gasteiger partial charge in [-0.25, -0.2) is 4.39 Å². The standard InChI is InChI=1S/C29H37FN2O3/c1-2-3-4-8-19-35-26-17-13-23(14-18-26)28-29(34)31(25-9-6-5-7-10-25)21-27(33)32(28)20-22-11-15-24(30)16-12-22/h11-18,25,28H,2-10,19-21H2,1H3/t28-/m0/s1. The van der Waals surface area contributed by atoms with Crippen LogP contribution < -0.4 is 4.74 Å². The fraction of sp³-hybridized carbons (Fsp3) is 0.517. The maximum Gasteiger partial charge on any atom is 0.250 e. The Morgan fingerprint density at radius 2 is 1.63 bits per heavy atom. The Labute approximate surface area is 208 Å². The molecule has 0 aromatic heterocycles. The summed E-state index contributed by atoms with van der Waals surface area (Å²) in [5.74, 6) is 0.363. The Bertz CT molecular complexity index is 970. The van der Waals surface area contributed by atoms with Crippen LogP contribution in [-0.4, -0.2) is 40.8 Å². The summed E-state index contributed by atoms with van der Waals surface area (Å²) in [6.45, 7) is 3.24. The predicted molar refractivity (Wildman–Crippen MR) is 134 cm³/mol. The predicted octanol–water partition coefficient (Wildman–Crippen LogP) is 6.03. The highest BCUT2D eigenvalue weighted by molar-refractivity contribution is 5.95. The number of ether oxygens (including phenoxy) is 1. The molecule has 4 rings (SSSR count). The molecule has 1 saturated heterocycles. The van der Waals surface area contributed by atoms with Crippen LogP contribution in [0, 0.1) is 5.82 Å². The maximum absolute atomic E-state index is 13.8. The molecule has 5 nitrogen and oxygen atoms in total. The van der Waals surface area contributed by atoms with Crippen molar-refractivity contribution < 1.29 is 18.7 Å². The zero-order valence-corrected chi connectivity index (χ0v) is 20.8. The van der Waals surface area contributed by atoms with Crippen molar-refractivity contribution in [3.8, 4) is 5.75 Å². The van der Waals surface area contributed by atoms with Crippen LogP contribution in [0.15, 0.2) is 48.5 Å². The van der Waals surface area contributed by atoms with E-state index < -0.39 is 6.04 Å². The Balaban J connectivity index is 1.54. The van der Waals surface area contributed by atoms with Crippen molar-refractivity contribution in [2.45, 2.75) is 83.3 Å². The minimum atomic E-state index is -0.693. The minimum absolute atomic E-state index is 0.0214. The first-order chi connectivity index (χ1) is 17.1. The number of nitrogens with zero attached hydrogens (tertiary/aromatic N) is 2. The molecule has 1 atom stereocenters. The van der Waals surface area contributed by atoms with Crippen molar-refractivity contribution in [3.05, 3.63) is 65.5 Å². The molecule has 35 heavy (non-hydrogen) atoms. The summed E-state index contributed by atoms with van der Waals surface area (Å²) in [5.41, 5.74) is 1.58. The molecule has 2 amide bonds. The first-order valence-corrected chi connectivity index (χ1v) is 13.1. The fourth-order valence-corrected chi connectivity index (χ4v) is 5.20. The number of hydrogen-bond donors (Lipinski definition) is 0. The van der Waals surface area contributed by atoms with E-state index in [0.29, 0.717) is 6.61 Å². The molecule has 1 aliphatic carbocycles. The molecule has 1 heterocycles. The number of piperazine rings is 1. The van der Waals surface area contributed by atoms with E-state index in [1.54, 1.807) is 17.0 Å². The van der Waals surface area contributed by atoms with Crippen molar-refractivity contribution in [1.29, 1.82) is 0 Å². The molecule has 0 bridgehead atoms. The summed E-state index contributed by atoms with van der Waals surface area (Å²) in [6, 6.07) is 13.1. The first kappa shape index (κ1) is 25.2. The molecule has 0 radical (unpaired) electrons. The van der Waals surface area contributed by atoms with Gasteiger partial charge < -0.3 is 14.5 Å². The number of amides is 2. The summed E-state index contributed by atoms with van der Waals surface area (Å²) >= 11 is 0. The average molecular weight is 481 g/mol. The highest BCUT2D eigenvalue weighted by Crippen LogP contribution is 2.34. The molecule has 1 aliphatic heterocycles. The van der Waals surface area contributed by atoms with Crippen LogP contribution in [0.2, 0.25) is 0 Å². The van der Waals surface area contributed by atoms with Crippen LogP contribution in [0.25, 0.3) is 0 Å². The average Bonchev–Trinajstić information content (AvgIpc) is 2.88. The molecular weight excluding hydrogens is 443 g/mol. The quantitative estimate of drug-likeness (QED) is 0.390. The summed E-state index contributed by atoms with van der Waals surface area (Å²) in [5, 5.41) is 0. The van der Waals surface area contributed by atoms with E-state index in [0.717, 1.165) is 55.4 Å². The van der Waals surface area contributed by atoms with Gasteiger partial charge in [0.05, 0.1) is 6.61 Å². The van der Waals surface area contributed by atoms with E-state index in [-0.39, 0.29) is 36.8 Å². The number of rotatable bonds is 10. The van der Waals surface area contributed by atoms with Gasteiger partial charge in [0.25, 0.3) is 5.91 Å². The van der Waals surface area contributed by atoms with Gasteiger partial charge in [-0.05, 0) is 54.7 Å². The second-order valence-electron chi connectivity index (χ2n) is 9.79. The zero-order chi connectivity index (χ0) is 24.6. The van der Waals surface area contributed by atoms with Crippen LogP contribution in [-0.2, 0) is 16.1 Å². The lowest BCUT2D eigenvalue weighted by atomic mass is 9.91. The number of benzene rings is 2. The Morgan fingerprint density at radius 3 is 2.31 bits per heavy atom. The van der Waals surface area contributed by atoms with E-state index in [1.807, 2.05) is 29.2 Å². The maximum atomic E-state index is 13.8. The summed E-state index contributed by atoms with van der Waals surface area (Å²) < 4.78 is 19.3. The summed E-state index contributed by atoms with van der Waals surface area (Å²) in [4.78, 5) is 30.7. The van der Waals surface area contributed by atoms with Gasteiger partial charge >= 0.3 is 0 Å². The summed E-state index contributed by atoms with van der Waals surface area (Å²) in [7, 11) is 0. The van der Waals surface area contributed by atoms with Gasteiger partial charge in [-0.2, -0.15) is 0 Å². The van der Waals surface area contributed by atoms with Crippen LogP contribution >= 0.6 is 0 Å². The van der Waals surface area contributed by atoms with Crippen molar-refractivity contribution >= 4 is 11.8 Å². The molecule has 2 aromatic carbocycles. The molecular formula is C29H37FN2O3. The first-order valence-electron chi connectivity index (χ1n) is 13.1. The van der Waals surface area contributed by atoms with Crippen LogP contribution in [0.4, 0.5) is 4.39 Å². The normalized spacial score (nSPS) is 19.3. The molecule has 2 aromatic rings. The van der Waals surface area contributed by atoms with Crippen LogP contribution in [0.3, 0.4) is 0 Å². The third-order valence-electron chi connectivity index (χ3n) is 7.20. The molecule has 0 N–H and O–H groups in total. The molecule has 0 spiro atoms. The third kappa shape index (κ3) is 6.41. The molecule has 2 aliphatic rings.